The average molecular weight is 419 g/mol. The molecular formula is C22H25N7O2. The topological polar surface area (TPSA) is 110 Å². The smallest absolute Gasteiger partial charge is 0.321 e. The minimum atomic E-state index is -0.337. The van der Waals surface area contributed by atoms with Crippen LogP contribution in [-0.4, -0.2) is 36.9 Å². The molecule has 4 rings (SSSR count). The Morgan fingerprint density at radius 1 is 1.19 bits per heavy atom. The minimum Gasteiger partial charge on any atom is -0.338 e. The highest BCUT2D eigenvalue weighted by atomic mass is 16.2. The van der Waals surface area contributed by atoms with Crippen LogP contribution < -0.4 is 16.2 Å². The van der Waals surface area contributed by atoms with Crippen LogP contribution in [0.3, 0.4) is 0 Å². The summed E-state index contributed by atoms with van der Waals surface area (Å²) in [4.78, 5) is 32.2. The molecule has 9 nitrogen and oxygen atoms in total. The maximum absolute atomic E-state index is 12.6. The van der Waals surface area contributed by atoms with E-state index in [1.165, 1.54) is 0 Å². The predicted octanol–water partition coefficient (Wildman–Crippen LogP) is 3.69. The fourth-order valence-corrected chi connectivity index (χ4v) is 3.46. The molecule has 1 aromatic carbocycles. The quantitative estimate of drug-likeness (QED) is 0.443. The number of anilines is 1. The monoisotopic (exact) mass is 419 g/mol. The van der Waals surface area contributed by atoms with Gasteiger partial charge < -0.3 is 14.9 Å². The molecule has 1 atom stereocenters. The van der Waals surface area contributed by atoms with E-state index in [0.717, 1.165) is 28.8 Å². The molecule has 2 amide bonds. The maximum atomic E-state index is 12.6. The highest BCUT2D eigenvalue weighted by molar-refractivity contribution is 5.94. The number of nitrogens with zero attached hydrogens (tertiary/aromatic N) is 4. The van der Waals surface area contributed by atoms with E-state index in [2.05, 4.69) is 32.6 Å². The van der Waals surface area contributed by atoms with Crippen LogP contribution in [0.15, 0.2) is 53.7 Å². The molecule has 31 heavy (non-hydrogen) atoms. The van der Waals surface area contributed by atoms with Gasteiger partial charge in [0.2, 0.25) is 5.95 Å². The molecule has 0 aliphatic carbocycles. The van der Waals surface area contributed by atoms with Crippen molar-refractivity contribution in [1.29, 1.82) is 0 Å². The van der Waals surface area contributed by atoms with Crippen LogP contribution in [0.2, 0.25) is 0 Å². The number of carbonyl (C=O) groups excluding carboxylic acids is 1. The number of amides is 2. The molecular weight excluding hydrogens is 394 g/mol. The SMILES string of the molecule is CCNC(=O)Nc1nc2cc(-c3ccn(C(C)CC)c(=O)c3)cc(-n3cccn3)c2[nH]1. The zero-order chi connectivity index (χ0) is 22.0. The Morgan fingerprint density at radius 3 is 2.71 bits per heavy atom. The van der Waals surface area contributed by atoms with E-state index < -0.39 is 0 Å². The molecule has 3 aromatic heterocycles. The Morgan fingerprint density at radius 2 is 2.03 bits per heavy atom. The van der Waals surface area contributed by atoms with E-state index in [0.29, 0.717) is 18.0 Å². The average Bonchev–Trinajstić information content (AvgIpc) is 3.42. The number of rotatable bonds is 6. The van der Waals surface area contributed by atoms with E-state index in [1.54, 1.807) is 21.5 Å². The summed E-state index contributed by atoms with van der Waals surface area (Å²) in [6.45, 7) is 6.43. The highest BCUT2D eigenvalue weighted by Gasteiger charge is 2.15. The lowest BCUT2D eigenvalue weighted by atomic mass is 10.0. The van der Waals surface area contributed by atoms with Gasteiger partial charge in [-0.15, -0.1) is 0 Å². The van der Waals surface area contributed by atoms with Crippen molar-refractivity contribution in [2.24, 2.45) is 0 Å². The first kappa shape index (κ1) is 20.4. The summed E-state index contributed by atoms with van der Waals surface area (Å²) in [5, 5.41) is 9.72. The Bertz CT molecular complexity index is 1270. The van der Waals surface area contributed by atoms with Crippen molar-refractivity contribution in [2.75, 3.05) is 11.9 Å². The third kappa shape index (κ3) is 4.07. The van der Waals surface area contributed by atoms with Crippen molar-refractivity contribution in [3.05, 3.63) is 59.3 Å². The molecule has 0 saturated carbocycles. The number of carbonyl (C=O) groups is 1. The normalized spacial score (nSPS) is 12.1. The van der Waals surface area contributed by atoms with Crippen LogP contribution >= 0.6 is 0 Å². The Hall–Kier alpha value is -3.88. The zero-order valence-electron chi connectivity index (χ0n) is 17.7. The van der Waals surface area contributed by atoms with Crippen LogP contribution in [0.4, 0.5) is 10.7 Å². The molecule has 0 fully saturated rings. The number of aromatic amines is 1. The van der Waals surface area contributed by atoms with E-state index in [-0.39, 0.29) is 17.6 Å². The van der Waals surface area contributed by atoms with Gasteiger partial charge in [0.15, 0.2) is 0 Å². The summed E-state index contributed by atoms with van der Waals surface area (Å²) in [5.74, 6) is 0.332. The molecule has 9 heteroatoms. The largest absolute Gasteiger partial charge is 0.338 e. The first-order valence-corrected chi connectivity index (χ1v) is 10.3. The Balaban J connectivity index is 1.82. The molecule has 1 unspecified atom stereocenters. The van der Waals surface area contributed by atoms with Crippen molar-refractivity contribution in [2.45, 2.75) is 33.2 Å². The zero-order valence-corrected chi connectivity index (χ0v) is 17.7. The summed E-state index contributed by atoms with van der Waals surface area (Å²) in [6, 6.07) is 9.04. The number of urea groups is 1. The number of pyridine rings is 1. The second-order valence-electron chi connectivity index (χ2n) is 7.33. The highest BCUT2D eigenvalue weighted by Crippen LogP contribution is 2.29. The number of H-pyrrole nitrogens is 1. The molecule has 0 spiro atoms. The minimum absolute atomic E-state index is 0.0480. The van der Waals surface area contributed by atoms with Gasteiger partial charge in [-0.1, -0.05) is 6.92 Å². The standard InChI is InChI=1S/C22H25N7O2/c1-4-14(3)28-10-7-15(13-19(28)30)16-11-17-20(18(12-16)29-9-6-8-24-29)26-21(25-17)27-22(31)23-5-2/h6-14H,4-5H2,1-3H3,(H3,23,25,26,27,31). The Kier molecular flexibility index (Phi) is 5.57. The molecule has 160 valence electrons. The third-order valence-electron chi connectivity index (χ3n) is 5.24. The van der Waals surface area contributed by atoms with Gasteiger partial charge in [-0.2, -0.15) is 5.10 Å². The Labute approximate surface area is 179 Å². The van der Waals surface area contributed by atoms with Crippen LogP contribution in [0.25, 0.3) is 27.8 Å². The van der Waals surface area contributed by atoms with Gasteiger partial charge in [0.1, 0.15) is 0 Å². The van der Waals surface area contributed by atoms with E-state index >= 15 is 0 Å². The summed E-state index contributed by atoms with van der Waals surface area (Å²) >= 11 is 0. The lowest BCUT2D eigenvalue weighted by Gasteiger charge is -2.14. The van der Waals surface area contributed by atoms with Crippen molar-refractivity contribution >= 4 is 23.0 Å². The fraction of sp³-hybridized carbons (Fsp3) is 0.273. The summed E-state index contributed by atoms with van der Waals surface area (Å²) in [5.41, 5.74) is 3.73. The van der Waals surface area contributed by atoms with Gasteiger partial charge in [-0.05, 0) is 55.7 Å². The number of nitrogens with one attached hydrogen (secondary N) is 3. The van der Waals surface area contributed by atoms with E-state index in [9.17, 15) is 9.59 Å². The molecule has 0 aliphatic heterocycles. The second kappa shape index (κ2) is 8.47. The number of fused-ring (bicyclic) bond motifs is 1. The lowest BCUT2D eigenvalue weighted by molar-refractivity contribution is 0.252. The second-order valence-corrected chi connectivity index (χ2v) is 7.33. The van der Waals surface area contributed by atoms with Crippen molar-refractivity contribution < 1.29 is 4.79 Å². The fourth-order valence-electron chi connectivity index (χ4n) is 3.46. The first-order valence-electron chi connectivity index (χ1n) is 10.3. The molecule has 0 aliphatic rings. The molecule has 0 saturated heterocycles. The molecule has 4 aromatic rings. The summed E-state index contributed by atoms with van der Waals surface area (Å²) in [7, 11) is 0. The molecule has 0 bridgehead atoms. The van der Waals surface area contributed by atoms with Crippen molar-refractivity contribution in [3.63, 3.8) is 0 Å². The number of imidazole rings is 1. The number of hydrogen-bond donors (Lipinski definition) is 3. The van der Waals surface area contributed by atoms with Gasteiger partial charge in [0.25, 0.3) is 5.56 Å². The van der Waals surface area contributed by atoms with Gasteiger partial charge >= 0.3 is 6.03 Å². The molecule has 3 heterocycles. The van der Waals surface area contributed by atoms with Gasteiger partial charge in [-0.3, -0.25) is 10.1 Å². The van der Waals surface area contributed by atoms with Crippen LogP contribution in [0.5, 0.6) is 0 Å². The maximum Gasteiger partial charge on any atom is 0.321 e. The summed E-state index contributed by atoms with van der Waals surface area (Å²) < 4.78 is 3.46. The number of benzene rings is 1. The van der Waals surface area contributed by atoms with Crippen molar-refractivity contribution in [1.82, 2.24) is 29.6 Å². The van der Waals surface area contributed by atoms with Crippen LogP contribution in [-0.2, 0) is 0 Å². The third-order valence-corrected chi connectivity index (χ3v) is 5.24. The van der Waals surface area contributed by atoms with Crippen LogP contribution in [0.1, 0.15) is 33.2 Å². The van der Waals surface area contributed by atoms with Crippen LogP contribution in [0, 0.1) is 0 Å². The van der Waals surface area contributed by atoms with Gasteiger partial charge in [0, 0.05) is 37.2 Å². The first-order chi connectivity index (χ1) is 15.0. The summed E-state index contributed by atoms with van der Waals surface area (Å²) in [6.07, 6.45) is 6.23. The van der Waals surface area contributed by atoms with E-state index in [4.69, 9.17) is 0 Å². The van der Waals surface area contributed by atoms with Gasteiger partial charge in [0.05, 0.1) is 16.7 Å². The number of aromatic nitrogens is 5. The van der Waals surface area contributed by atoms with Gasteiger partial charge in [-0.25, -0.2) is 14.5 Å². The molecule has 0 radical (unpaired) electrons. The number of hydrogen-bond acceptors (Lipinski definition) is 4. The van der Waals surface area contributed by atoms with E-state index in [1.807, 2.05) is 50.5 Å². The predicted molar refractivity (Wildman–Crippen MR) is 121 cm³/mol. The van der Waals surface area contributed by atoms with Crippen molar-refractivity contribution in [3.8, 4) is 16.8 Å². The lowest BCUT2D eigenvalue weighted by Crippen LogP contribution is -2.28. The molecule has 3 N–H and O–H groups in total.